The van der Waals surface area contributed by atoms with Gasteiger partial charge in [0.25, 0.3) is 5.91 Å². The van der Waals surface area contributed by atoms with Crippen LogP contribution >= 0.6 is 12.4 Å². The summed E-state index contributed by atoms with van der Waals surface area (Å²) in [5, 5.41) is 22.9. The van der Waals surface area contributed by atoms with Crippen LogP contribution in [0.4, 0.5) is 5.69 Å². The highest BCUT2D eigenvalue weighted by Crippen LogP contribution is 2.29. The summed E-state index contributed by atoms with van der Waals surface area (Å²) in [5.74, 6) is 0.315. The van der Waals surface area contributed by atoms with Crippen LogP contribution in [0.15, 0.2) is 72.8 Å². The number of hydrogen-bond donors (Lipinski definition) is 5. The predicted molar refractivity (Wildman–Crippen MR) is 198 cm³/mol. The number of nitrogens with two attached hydrogens (primary N) is 1. The SMILES string of the molecule is CCN(CC)CCNC(=O)c1ccc(-c2cccc(C[C@H](NC(=O)C3CCC(CN)CC3)C(=O)Nc3ccc(-c4nnn[nH]4)cc3)c2)cc1.Cl. The Labute approximate surface area is 299 Å². The Balaban J connectivity index is 0.00000562. The molecule has 4 aromatic rings. The first-order valence-corrected chi connectivity index (χ1v) is 17.2. The average Bonchev–Trinajstić information content (AvgIpc) is 3.69. The van der Waals surface area contributed by atoms with Crippen LogP contribution in [0.1, 0.15) is 55.5 Å². The third-order valence-electron chi connectivity index (χ3n) is 9.41. The zero-order valence-corrected chi connectivity index (χ0v) is 29.5. The van der Waals surface area contributed by atoms with Crippen molar-refractivity contribution in [2.45, 2.75) is 52.0 Å². The minimum atomic E-state index is -0.796. The Morgan fingerprint density at radius 1 is 0.920 bits per heavy atom. The van der Waals surface area contributed by atoms with Crippen molar-refractivity contribution in [3.05, 3.63) is 83.9 Å². The summed E-state index contributed by atoms with van der Waals surface area (Å²) in [6, 6.07) is 21.8. The molecule has 6 N–H and O–H groups in total. The molecule has 13 heteroatoms. The molecule has 1 saturated carbocycles. The Hall–Kier alpha value is -4.65. The first kappa shape index (κ1) is 38.2. The van der Waals surface area contributed by atoms with Gasteiger partial charge >= 0.3 is 0 Å². The van der Waals surface area contributed by atoms with E-state index in [2.05, 4.69) is 55.3 Å². The fraction of sp³-hybridized carbons (Fsp3) is 0.405. The first-order chi connectivity index (χ1) is 23.9. The number of tetrazole rings is 1. The normalized spacial score (nSPS) is 16.2. The molecule has 0 unspecified atom stereocenters. The number of nitrogens with zero attached hydrogens (tertiary/aromatic N) is 4. The van der Waals surface area contributed by atoms with E-state index < -0.39 is 6.04 Å². The molecule has 0 aliphatic heterocycles. The highest BCUT2D eigenvalue weighted by molar-refractivity contribution is 5.98. The molecule has 5 rings (SSSR count). The molecule has 1 aliphatic rings. The van der Waals surface area contributed by atoms with Crippen molar-refractivity contribution in [2.75, 3.05) is 38.0 Å². The van der Waals surface area contributed by atoms with E-state index in [-0.39, 0.29) is 36.0 Å². The van der Waals surface area contributed by atoms with Crippen LogP contribution in [-0.4, -0.2) is 82.0 Å². The molecule has 1 aliphatic carbocycles. The lowest BCUT2D eigenvalue weighted by Crippen LogP contribution is -2.48. The van der Waals surface area contributed by atoms with Crippen molar-refractivity contribution >= 4 is 35.8 Å². The van der Waals surface area contributed by atoms with Gasteiger partial charge < -0.3 is 26.6 Å². The van der Waals surface area contributed by atoms with E-state index in [1.165, 1.54) is 0 Å². The second-order valence-corrected chi connectivity index (χ2v) is 12.6. The smallest absolute Gasteiger partial charge is 0.251 e. The van der Waals surface area contributed by atoms with Gasteiger partial charge in [0.2, 0.25) is 11.8 Å². The number of amides is 3. The maximum Gasteiger partial charge on any atom is 0.251 e. The van der Waals surface area contributed by atoms with Crippen LogP contribution in [0, 0.1) is 11.8 Å². The minimum Gasteiger partial charge on any atom is -0.351 e. The molecule has 1 fully saturated rings. The second-order valence-electron chi connectivity index (χ2n) is 12.6. The Bertz CT molecular complexity index is 1650. The summed E-state index contributed by atoms with van der Waals surface area (Å²) in [6.07, 6.45) is 3.66. The quantitative estimate of drug-likeness (QED) is 0.121. The molecule has 0 radical (unpaired) electrons. The lowest BCUT2D eigenvalue weighted by Gasteiger charge is -2.28. The number of carbonyl (C=O) groups excluding carboxylic acids is 3. The number of benzene rings is 3. The molecule has 0 bridgehead atoms. The van der Waals surface area contributed by atoms with Gasteiger partial charge in [-0.25, -0.2) is 5.10 Å². The second kappa shape index (κ2) is 18.9. The molecule has 50 heavy (non-hydrogen) atoms. The van der Waals surface area contributed by atoms with E-state index in [0.717, 1.165) is 67.6 Å². The standard InChI is InChI=1S/C37H47N9O3.ClH/c1-3-46(4-2)21-20-39-35(47)29-14-12-27(13-15-29)31-7-5-6-26(22-31)23-33(41-36(48)30-10-8-25(24-38)9-11-30)37(49)40-32-18-16-28(17-19-32)34-42-44-45-43-34;/h5-7,12-19,22,25,30,33H,3-4,8-11,20-21,23-24,38H2,1-2H3,(H,39,47)(H,40,49)(H,41,48)(H,42,43,44,45);1H/t25?,30?,33-;/m0./s1. The molecule has 266 valence electrons. The molecule has 0 saturated heterocycles. The van der Waals surface area contributed by atoms with Crippen LogP contribution in [-0.2, 0) is 16.0 Å². The number of carbonyl (C=O) groups is 3. The fourth-order valence-electron chi connectivity index (χ4n) is 6.28. The van der Waals surface area contributed by atoms with Gasteiger partial charge in [-0.2, -0.15) is 0 Å². The molecule has 3 aromatic carbocycles. The number of hydrogen-bond acceptors (Lipinski definition) is 8. The summed E-state index contributed by atoms with van der Waals surface area (Å²) < 4.78 is 0. The number of likely N-dealkylation sites (N-methyl/N-ethyl adjacent to an activating group) is 1. The summed E-state index contributed by atoms with van der Waals surface area (Å²) in [6.45, 7) is 8.16. The number of nitrogens with one attached hydrogen (secondary N) is 4. The van der Waals surface area contributed by atoms with Crippen molar-refractivity contribution in [3.63, 3.8) is 0 Å². The van der Waals surface area contributed by atoms with Gasteiger partial charge in [0.1, 0.15) is 6.04 Å². The van der Waals surface area contributed by atoms with Gasteiger partial charge in [-0.05, 0) is 115 Å². The molecule has 1 atom stereocenters. The molecule has 1 heterocycles. The van der Waals surface area contributed by atoms with Crippen molar-refractivity contribution < 1.29 is 14.4 Å². The van der Waals surface area contributed by atoms with Crippen LogP contribution in [0.2, 0.25) is 0 Å². The Morgan fingerprint density at radius 3 is 2.26 bits per heavy atom. The summed E-state index contributed by atoms with van der Waals surface area (Å²) in [7, 11) is 0. The van der Waals surface area contributed by atoms with E-state index in [1.807, 2.05) is 60.7 Å². The van der Waals surface area contributed by atoms with Gasteiger partial charge in [-0.3, -0.25) is 14.4 Å². The lowest BCUT2D eigenvalue weighted by molar-refractivity contribution is -0.130. The van der Waals surface area contributed by atoms with Crippen LogP contribution in [0.25, 0.3) is 22.5 Å². The van der Waals surface area contributed by atoms with Gasteiger partial charge in [-0.15, -0.1) is 17.5 Å². The van der Waals surface area contributed by atoms with Gasteiger partial charge in [0.05, 0.1) is 0 Å². The van der Waals surface area contributed by atoms with E-state index in [1.54, 1.807) is 12.1 Å². The van der Waals surface area contributed by atoms with Gasteiger partial charge in [0, 0.05) is 42.2 Å². The number of aromatic amines is 1. The Kier molecular flexibility index (Phi) is 14.4. The lowest BCUT2D eigenvalue weighted by atomic mass is 9.81. The number of H-pyrrole nitrogens is 1. The summed E-state index contributed by atoms with van der Waals surface area (Å²) >= 11 is 0. The molecule has 0 spiro atoms. The molecule has 12 nitrogen and oxygen atoms in total. The Morgan fingerprint density at radius 2 is 1.62 bits per heavy atom. The largest absolute Gasteiger partial charge is 0.351 e. The highest BCUT2D eigenvalue weighted by Gasteiger charge is 2.29. The fourth-order valence-corrected chi connectivity index (χ4v) is 6.28. The van der Waals surface area contributed by atoms with Gasteiger partial charge in [-0.1, -0.05) is 50.2 Å². The third-order valence-corrected chi connectivity index (χ3v) is 9.41. The molecular formula is C37H48ClN9O3. The number of rotatable bonds is 15. The van der Waals surface area contributed by atoms with E-state index in [4.69, 9.17) is 5.73 Å². The molecule has 3 amide bonds. The zero-order valence-electron chi connectivity index (χ0n) is 28.7. The number of anilines is 1. The number of halogens is 1. The van der Waals surface area contributed by atoms with Crippen molar-refractivity contribution in [1.29, 1.82) is 0 Å². The first-order valence-electron chi connectivity index (χ1n) is 17.2. The van der Waals surface area contributed by atoms with Crippen molar-refractivity contribution in [1.82, 2.24) is 36.2 Å². The third kappa shape index (κ3) is 10.4. The maximum absolute atomic E-state index is 13.7. The highest BCUT2D eigenvalue weighted by atomic mass is 35.5. The zero-order chi connectivity index (χ0) is 34.6. The van der Waals surface area contributed by atoms with E-state index in [9.17, 15) is 14.4 Å². The summed E-state index contributed by atoms with van der Waals surface area (Å²) in [5.41, 5.74) is 10.6. The number of aromatic nitrogens is 4. The predicted octanol–water partition coefficient (Wildman–Crippen LogP) is 4.46. The summed E-state index contributed by atoms with van der Waals surface area (Å²) in [4.78, 5) is 42.2. The minimum absolute atomic E-state index is 0. The average molecular weight is 702 g/mol. The molecular weight excluding hydrogens is 654 g/mol. The topological polar surface area (TPSA) is 171 Å². The van der Waals surface area contributed by atoms with Crippen LogP contribution in [0.3, 0.4) is 0 Å². The van der Waals surface area contributed by atoms with E-state index in [0.29, 0.717) is 42.5 Å². The maximum atomic E-state index is 13.7. The van der Waals surface area contributed by atoms with E-state index >= 15 is 0 Å². The van der Waals surface area contributed by atoms with Crippen molar-refractivity contribution in [3.8, 4) is 22.5 Å². The van der Waals surface area contributed by atoms with Crippen LogP contribution < -0.4 is 21.7 Å². The van der Waals surface area contributed by atoms with Gasteiger partial charge in [0.15, 0.2) is 5.82 Å². The molecule has 1 aromatic heterocycles. The van der Waals surface area contributed by atoms with Crippen LogP contribution in [0.5, 0.6) is 0 Å². The van der Waals surface area contributed by atoms with Crippen molar-refractivity contribution in [2.24, 2.45) is 17.6 Å². The monoisotopic (exact) mass is 701 g/mol.